The van der Waals surface area contributed by atoms with E-state index in [2.05, 4.69) is 4.90 Å². The van der Waals surface area contributed by atoms with Gasteiger partial charge in [-0.15, -0.1) is 0 Å². The second-order valence-electron chi connectivity index (χ2n) is 4.85. The van der Waals surface area contributed by atoms with E-state index in [1.807, 2.05) is 30.3 Å². The number of carbonyl (C=O) groups is 1. The van der Waals surface area contributed by atoms with E-state index in [-0.39, 0.29) is 6.04 Å². The van der Waals surface area contributed by atoms with Crippen LogP contribution in [0.5, 0.6) is 5.75 Å². The Morgan fingerprint density at radius 3 is 2.53 bits per heavy atom. The van der Waals surface area contributed by atoms with Gasteiger partial charge < -0.3 is 4.74 Å². The number of hydrogen-bond acceptors (Lipinski definition) is 3. The fourth-order valence-corrected chi connectivity index (χ4v) is 2.83. The highest BCUT2D eigenvalue weighted by molar-refractivity contribution is 5.88. The number of benzene rings is 1. The Labute approximate surface area is 101 Å². The van der Waals surface area contributed by atoms with E-state index < -0.39 is 0 Å². The van der Waals surface area contributed by atoms with Crippen LogP contribution in [0, 0.1) is 5.92 Å². The van der Waals surface area contributed by atoms with Crippen LogP contribution in [-0.2, 0) is 4.79 Å². The quantitative estimate of drug-likeness (QED) is 0.793. The van der Waals surface area contributed by atoms with Crippen LogP contribution in [0.4, 0.5) is 0 Å². The average Bonchev–Trinajstić information content (AvgIpc) is 2.40. The first-order valence-electron chi connectivity index (χ1n) is 6.30. The van der Waals surface area contributed by atoms with Crippen molar-refractivity contribution in [2.24, 2.45) is 5.92 Å². The van der Waals surface area contributed by atoms with Gasteiger partial charge in [-0.2, -0.15) is 0 Å². The number of Topliss-reactive ketones (excluding diaryl/α,β-unsaturated/α-hetero) is 1. The molecule has 2 bridgehead atoms. The largest absolute Gasteiger partial charge is 0.491 e. The van der Waals surface area contributed by atoms with Crippen LogP contribution < -0.4 is 4.74 Å². The number of carbonyl (C=O) groups excluding carboxylic acids is 1. The van der Waals surface area contributed by atoms with Crippen molar-refractivity contribution in [2.45, 2.75) is 18.9 Å². The Hall–Kier alpha value is -1.35. The van der Waals surface area contributed by atoms with E-state index in [0.717, 1.165) is 31.7 Å². The highest BCUT2D eigenvalue weighted by Gasteiger charge is 2.41. The Morgan fingerprint density at radius 1 is 1.18 bits per heavy atom. The molecule has 0 aromatic heterocycles. The van der Waals surface area contributed by atoms with Gasteiger partial charge in [0.25, 0.3) is 0 Å². The average molecular weight is 231 g/mol. The van der Waals surface area contributed by atoms with Gasteiger partial charge >= 0.3 is 0 Å². The Bertz CT molecular complexity index is 396. The molecular formula is C14H17NO2. The van der Waals surface area contributed by atoms with Gasteiger partial charge in [0, 0.05) is 5.92 Å². The van der Waals surface area contributed by atoms with E-state index in [0.29, 0.717) is 18.3 Å². The lowest BCUT2D eigenvalue weighted by Gasteiger charge is -2.43. The lowest BCUT2D eigenvalue weighted by atomic mass is 9.82. The predicted molar refractivity (Wildman–Crippen MR) is 65.0 cm³/mol. The number of ether oxygens (including phenoxy) is 1. The van der Waals surface area contributed by atoms with Crippen molar-refractivity contribution in [1.29, 1.82) is 0 Å². The molecule has 1 atom stereocenters. The van der Waals surface area contributed by atoms with Gasteiger partial charge in [-0.25, -0.2) is 0 Å². The number of ketones is 1. The maximum atomic E-state index is 12.1. The third-order valence-corrected chi connectivity index (χ3v) is 3.85. The zero-order valence-electron chi connectivity index (χ0n) is 9.84. The first-order chi connectivity index (χ1) is 8.34. The smallest absolute Gasteiger partial charge is 0.156 e. The summed E-state index contributed by atoms with van der Waals surface area (Å²) in [6.07, 6.45) is 2.08. The lowest BCUT2D eigenvalue weighted by molar-refractivity contribution is -0.138. The summed E-state index contributed by atoms with van der Waals surface area (Å²) >= 11 is 0. The molecule has 1 aromatic carbocycles. The SMILES string of the molecule is O=C1C2CCN(CC2)[C@H]1COc1ccccc1. The fourth-order valence-electron chi connectivity index (χ4n) is 2.83. The zero-order chi connectivity index (χ0) is 11.7. The zero-order valence-corrected chi connectivity index (χ0v) is 9.84. The first kappa shape index (κ1) is 10.8. The van der Waals surface area contributed by atoms with Crippen LogP contribution >= 0.6 is 0 Å². The third kappa shape index (κ3) is 2.07. The third-order valence-electron chi connectivity index (χ3n) is 3.85. The number of para-hydroxylation sites is 1. The van der Waals surface area contributed by atoms with Gasteiger partial charge in [0.05, 0.1) is 0 Å². The number of piperidine rings is 3. The summed E-state index contributed by atoms with van der Waals surface area (Å²) in [5.41, 5.74) is 0. The molecule has 90 valence electrons. The fraction of sp³-hybridized carbons (Fsp3) is 0.500. The predicted octanol–water partition coefficient (Wildman–Crippen LogP) is 1.73. The summed E-state index contributed by atoms with van der Waals surface area (Å²) in [6, 6.07) is 9.71. The molecule has 0 radical (unpaired) electrons. The van der Waals surface area contributed by atoms with Crippen LogP contribution in [0.3, 0.4) is 0 Å². The van der Waals surface area contributed by atoms with E-state index in [4.69, 9.17) is 4.74 Å². The molecule has 0 unspecified atom stereocenters. The molecule has 0 saturated carbocycles. The summed E-state index contributed by atoms with van der Waals surface area (Å²) in [4.78, 5) is 14.4. The van der Waals surface area contributed by atoms with Crippen molar-refractivity contribution in [3.05, 3.63) is 30.3 Å². The minimum absolute atomic E-state index is 0.0114. The molecule has 0 N–H and O–H groups in total. The first-order valence-corrected chi connectivity index (χ1v) is 6.30. The van der Waals surface area contributed by atoms with Crippen LogP contribution in [0.15, 0.2) is 30.3 Å². The minimum Gasteiger partial charge on any atom is -0.491 e. The van der Waals surface area contributed by atoms with Crippen molar-refractivity contribution in [3.8, 4) is 5.75 Å². The van der Waals surface area contributed by atoms with Gasteiger partial charge in [-0.1, -0.05) is 18.2 Å². The van der Waals surface area contributed by atoms with Gasteiger partial charge in [-0.05, 0) is 38.1 Å². The summed E-state index contributed by atoms with van der Waals surface area (Å²) in [5.74, 6) is 1.53. The van der Waals surface area contributed by atoms with Gasteiger partial charge in [0.1, 0.15) is 18.4 Å². The molecule has 1 aromatic rings. The molecule has 3 aliphatic rings. The highest BCUT2D eigenvalue weighted by Crippen LogP contribution is 2.29. The maximum absolute atomic E-state index is 12.1. The molecule has 3 nitrogen and oxygen atoms in total. The van der Waals surface area contributed by atoms with Gasteiger partial charge in [0.2, 0.25) is 0 Å². The summed E-state index contributed by atoms with van der Waals surface area (Å²) in [7, 11) is 0. The van der Waals surface area contributed by atoms with Crippen molar-refractivity contribution in [3.63, 3.8) is 0 Å². The number of hydrogen-bond donors (Lipinski definition) is 0. The molecule has 4 rings (SSSR count). The Morgan fingerprint density at radius 2 is 1.88 bits per heavy atom. The number of nitrogens with zero attached hydrogens (tertiary/aromatic N) is 1. The second-order valence-corrected chi connectivity index (χ2v) is 4.85. The molecular weight excluding hydrogens is 214 g/mol. The second kappa shape index (κ2) is 4.49. The summed E-state index contributed by atoms with van der Waals surface area (Å²) < 4.78 is 5.71. The van der Waals surface area contributed by atoms with Gasteiger partial charge in [0.15, 0.2) is 5.78 Å². The monoisotopic (exact) mass is 231 g/mol. The molecule has 3 saturated heterocycles. The molecule has 3 heterocycles. The molecule has 0 spiro atoms. The van der Waals surface area contributed by atoms with Crippen LogP contribution in [-0.4, -0.2) is 36.4 Å². The number of fused-ring (bicyclic) bond motifs is 3. The molecule has 17 heavy (non-hydrogen) atoms. The van der Waals surface area contributed by atoms with E-state index in [1.54, 1.807) is 0 Å². The van der Waals surface area contributed by atoms with E-state index in [1.165, 1.54) is 0 Å². The van der Waals surface area contributed by atoms with Crippen LogP contribution in [0.2, 0.25) is 0 Å². The lowest BCUT2D eigenvalue weighted by Crippen LogP contribution is -2.57. The topological polar surface area (TPSA) is 29.5 Å². The standard InChI is InChI=1S/C14H17NO2/c16-14-11-6-8-15(9-7-11)13(14)10-17-12-4-2-1-3-5-12/h1-5,11,13H,6-10H2/t13-/m0/s1. The Kier molecular flexibility index (Phi) is 2.85. The molecule has 3 aliphatic heterocycles. The summed E-state index contributed by atoms with van der Waals surface area (Å²) in [5, 5.41) is 0. The minimum atomic E-state index is -0.0114. The van der Waals surface area contributed by atoms with Crippen molar-refractivity contribution in [2.75, 3.05) is 19.7 Å². The van der Waals surface area contributed by atoms with Crippen LogP contribution in [0.1, 0.15) is 12.8 Å². The van der Waals surface area contributed by atoms with Crippen molar-refractivity contribution in [1.82, 2.24) is 4.90 Å². The van der Waals surface area contributed by atoms with Crippen molar-refractivity contribution < 1.29 is 9.53 Å². The molecule has 3 fully saturated rings. The normalized spacial score (nSPS) is 31.5. The molecule has 0 aliphatic carbocycles. The van der Waals surface area contributed by atoms with Crippen molar-refractivity contribution >= 4 is 5.78 Å². The Balaban J connectivity index is 1.64. The van der Waals surface area contributed by atoms with E-state index in [9.17, 15) is 4.79 Å². The van der Waals surface area contributed by atoms with Crippen LogP contribution in [0.25, 0.3) is 0 Å². The maximum Gasteiger partial charge on any atom is 0.156 e. The molecule has 3 heteroatoms. The van der Waals surface area contributed by atoms with E-state index >= 15 is 0 Å². The highest BCUT2D eigenvalue weighted by atomic mass is 16.5. The molecule has 0 amide bonds. The van der Waals surface area contributed by atoms with Gasteiger partial charge in [-0.3, -0.25) is 9.69 Å². The number of rotatable bonds is 3. The summed E-state index contributed by atoms with van der Waals surface area (Å²) in [6.45, 7) is 2.61.